The van der Waals surface area contributed by atoms with Crippen molar-refractivity contribution in [3.8, 4) is 11.5 Å². The summed E-state index contributed by atoms with van der Waals surface area (Å²) < 4.78 is 5.10. The Morgan fingerprint density at radius 2 is 1.78 bits per heavy atom. The topological polar surface area (TPSA) is 88.3 Å². The van der Waals surface area contributed by atoms with Gasteiger partial charge >= 0.3 is 0 Å². The van der Waals surface area contributed by atoms with Gasteiger partial charge in [-0.15, -0.1) is 10.2 Å². The summed E-state index contributed by atoms with van der Waals surface area (Å²) in [4.78, 5) is 26.0. The summed E-state index contributed by atoms with van der Waals surface area (Å²) in [5, 5.41) is 10.7. The molecule has 1 heterocycles. The monoisotopic (exact) mass is 404 g/mol. The van der Waals surface area contributed by atoms with Crippen LogP contribution in [0.25, 0.3) is 11.5 Å². The van der Waals surface area contributed by atoms with Gasteiger partial charge < -0.3 is 14.6 Å². The predicted molar refractivity (Wildman–Crippen MR) is 102 cm³/mol. The Balaban J connectivity index is 1.64. The molecule has 0 radical (unpaired) electrons. The molecule has 7 nitrogen and oxygen atoms in total. The lowest BCUT2D eigenvalue weighted by Gasteiger charge is -2.17. The molecule has 138 valence electrons. The van der Waals surface area contributed by atoms with Gasteiger partial charge in [0.25, 0.3) is 5.91 Å². The van der Waals surface area contributed by atoms with Gasteiger partial charge in [0.05, 0.1) is 22.3 Å². The summed E-state index contributed by atoms with van der Waals surface area (Å²) in [6.45, 7) is -0.161. The van der Waals surface area contributed by atoms with Gasteiger partial charge in [-0.2, -0.15) is 0 Å². The Hall–Kier alpha value is -2.90. The number of carbonyl (C=O) groups excluding carboxylic acids is 2. The Bertz CT molecular complexity index is 939. The lowest BCUT2D eigenvalue weighted by molar-refractivity contribution is -0.116. The molecular formula is C18H14Cl2N4O3. The van der Waals surface area contributed by atoms with E-state index in [-0.39, 0.29) is 12.5 Å². The predicted octanol–water partition coefficient (Wildman–Crippen LogP) is 3.75. The molecule has 0 aliphatic carbocycles. The number of nitrogens with zero attached hydrogens (tertiary/aromatic N) is 3. The number of anilines is 1. The van der Waals surface area contributed by atoms with Crippen LogP contribution >= 0.6 is 23.2 Å². The minimum atomic E-state index is -0.414. The summed E-state index contributed by atoms with van der Waals surface area (Å²) in [5.74, 6) is -0.367. The fraction of sp³-hybridized carbons (Fsp3) is 0.111. The minimum absolute atomic E-state index is 0.161. The molecule has 0 saturated heterocycles. The van der Waals surface area contributed by atoms with E-state index in [4.69, 9.17) is 27.6 Å². The summed E-state index contributed by atoms with van der Waals surface area (Å²) >= 11 is 12.1. The Labute approximate surface area is 164 Å². The third-order valence-electron chi connectivity index (χ3n) is 3.69. The Morgan fingerprint density at radius 1 is 1.11 bits per heavy atom. The van der Waals surface area contributed by atoms with Crippen molar-refractivity contribution >= 4 is 40.7 Å². The molecule has 3 rings (SSSR count). The standard InChI is InChI=1S/C18H14Cl2N4O3/c1-24(9-15(25)22-16-13(19)3-2-4-14(16)20)18(26)12-7-5-11(6-8-12)17-23-21-10-27-17/h2-8,10H,9H2,1H3,(H,22,25). The highest BCUT2D eigenvalue weighted by molar-refractivity contribution is 6.39. The highest BCUT2D eigenvalue weighted by Gasteiger charge is 2.17. The number of halogens is 2. The first-order chi connectivity index (χ1) is 13.0. The second-order valence-electron chi connectivity index (χ2n) is 5.63. The molecule has 0 fully saturated rings. The average Bonchev–Trinajstić information content (AvgIpc) is 3.19. The molecule has 3 aromatic rings. The normalized spacial score (nSPS) is 10.5. The molecule has 0 aliphatic rings. The first kappa shape index (κ1) is 18.9. The van der Waals surface area contributed by atoms with Crippen LogP contribution < -0.4 is 5.32 Å². The Kier molecular flexibility index (Phi) is 5.73. The molecule has 0 spiro atoms. The maximum absolute atomic E-state index is 12.5. The summed E-state index contributed by atoms with van der Waals surface area (Å²) in [7, 11) is 1.53. The van der Waals surface area contributed by atoms with Crippen LogP contribution in [0.4, 0.5) is 5.69 Å². The third-order valence-corrected chi connectivity index (χ3v) is 4.32. The van der Waals surface area contributed by atoms with E-state index in [2.05, 4.69) is 15.5 Å². The number of aromatic nitrogens is 2. The van der Waals surface area contributed by atoms with E-state index in [1.165, 1.54) is 18.3 Å². The fourth-order valence-electron chi connectivity index (χ4n) is 2.36. The van der Waals surface area contributed by atoms with Crippen LogP contribution in [0.5, 0.6) is 0 Å². The molecule has 1 N–H and O–H groups in total. The fourth-order valence-corrected chi connectivity index (χ4v) is 2.85. The van der Waals surface area contributed by atoms with Crippen molar-refractivity contribution in [3.63, 3.8) is 0 Å². The van der Waals surface area contributed by atoms with Gasteiger partial charge in [0.1, 0.15) is 0 Å². The number of para-hydroxylation sites is 1. The summed E-state index contributed by atoms with van der Waals surface area (Å²) in [6, 6.07) is 11.5. The number of hydrogen-bond donors (Lipinski definition) is 1. The van der Waals surface area contributed by atoms with Crippen molar-refractivity contribution in [2.24, 2.45) is 0 Å². The molecule has 0 aliphatic heterocycles. The van der Waals surface area contributed by atoms with Crippen LogP contribution in [0.2, 0.25) is 10.0 Å². The molecule has 1 aromatic heterocycles. The van der Waals surface area contributed by atoms with E-state index in [1.54, 1.807) is 42.5 Å². The second-order valence-corrected chi connectivity index (χ2v) is 6.44. The first-order valence-electron chi connectivity index (χ1n) is 7.81. The number of benzene rings is 2. The van der Waals surface area contributed by atoms with Gasteiger partial charge in [0.15, 0.2) is 0 Å². The SMILES string of the molecule is CN(CC(=O)Nc1c(Cl)cccc1Cl)C(=O)c1ccc(-c2nnco2)cc1. The first-order valence-corrected chi connectivity index (χ1v) is 8.57. The highest BCUT2D eigenvalue weighted by Crippen LogP contribution is 2.29. The highest BCUT2D eigenvalue weighted by atomic mass is 35.5. The largest absolute Gasteiger partial charge is 0.423 e. The van der Waals surface area contributed by atoms with Gasteiger partial charge in [-0.1, -0.05) is 29.3 Å². The summed E-state index contributed by atoms with van der Waals surface area (Å²) in [6.07, 6.45) is 1.23. The molecule has 0 unspecified atom stereocenters. The van der Waals surface area contributed by atoms with Crippen LogP contribution in [-0.4, -0.2) is 40.5 Å². The number of likely N-dealkylation sites (N-methyl/N-ethyl adjacent to an activating group) is 1. The van der Waals surface area contributed by atoms with Gasteiger partial charge in [-0.3, -0.25) is 9.59 Å². The molecule has 0 atom stereocenters. The number of hydrogen-bond acceptors (Lipinski definition) is 5. The quantitative estimate of drug-likeness (QED) is 0.699. The van der Waals surface area contributed by atoms with Crippen molar-refractivity contribution in [1.29, 1.82) is 0 Å². The van der Waals surface area contributed by atoms with Crippen LogP contribution in [-0.2, 0) is 4.79 Å². The molecule has 27 heavy (non-hydrogen) atoms. The minimum Gasteiger partial charge on any atom is -0.423 e. The molecule has 2 amide bonds. The summed E-state index contributed by atoms with van der Waals surface area (Å²) in [5.41, 5.74) is 1.43. The van der Waals surface area contributed by atoms with E-state index in [9.17, 15) is 9.59 Å². The average molecular weight is 405 g/mol. The maximum atomic E-state index is 12.5. The van der Waals surface area contributed by atoms with E-state index < -0.39 is 5.91 Å². The zero-order valence-electron chi connectivity index (χ0n) is 14.1. The number of amides is 2. The van der Waals surface area contributed by atoms with Crippen molar-refractivity contribution in [2.75, 3.05) is 18.9 Å². The van der Waals surface area contributed by atoms with Crippen LogP contribution in [0, 0.1) is 0 Å². The lowest BCUT2D eigenvalue weighted by atomic mass is 10.1. The number of carbonyl (C=O) groups is 2. The molecular weight excluding hydrogens is 391 g/mol. The van der Waals surface area contributed by atoms with Gasteiger partial charge in [0.2, 0.25) is 18.2 Å². The zero-order valence-corrected chi connectivity index (χ0v) is 15.7. The van der Waals surface area contributed by atoms with Gasteiger partial charge in [-0.05, 0) is 36.4 Å². The van der Waals surface area contributed by atoms with Gasteiger partial charge in [0, 0.05) is 18.2 Å². The van der Waals surface area contributed by atoms with Crippen LogP contribution in [0.1, 0.15) is 10.4 Å². The molecule has 2 aromatic carbocycles. The van der Waals surface area contributed by atoms with Crippen molar-refractivity contribution in [2.45, 2.75) is 0 Å². The van der Waals surface area contributed by atoms with E-state index in [1.807, 2.05) is 0 Å². The number of nitrogens with one attached hydrogen (secondary N) is 1. The van der Waals surface area contributed by atoms with Crippen LogP contribution in [0.3, 0.4) is 0 Å². The third kappa shape index (κ3) is 4.45. The van der Waals surface area contributed by atoms with E-state index in [0.717, 1.165) is 0 Å². The maximum Gasteiger partial charge on any atom is 0.254 e. The zero-order chi connectivity index (χ0) is 19.4. The van der Waals surface area contributed by atoms with E-state index in [0.29, 0.717) is 32.8 Å². The Morgan fingerprint density at radius 3 is 2.37 bits per heavy atom. The van der Waals surface area contributed by atoms with Crippen molar-refractivity contribution < 1.29 is 14.0 Å². The van der Waals surface area contributed by atoms with Gasteiger partial charge in [-0.25, -0.2) is 0 Å². The smallest absolute Gasteiger partial charge is 0.254 e. The lowest BCUT2D eigenvalue weighted by Crippen LogP contribution is -2.35. The van der Waals surface area contributed by atoms with E-state index >= 15 is 0 Å². The molecule has 9 heteroatoms. The van der Waals surface area contributed by atoms with Crippen molar-refractivity contribution in [3.05, 3.63) is 64.5 Å². The second kappa shape index (κ2) is 8.20. The molecule has 0 bridgehead atoms. The molecule has 0 saturated carbocycles. The number of rotatable bonds is 5. The van der Waals surface area contributed by atoms with Crippen LogP contribution in [0.15, 0.2) is 53.3 Å². The van der Waals surface area contributed by atoms with Crippen molar-refractivity contribution in [1.82, 2.24) is 15.1 Å².